The fourth-order valence-electron chi connectivity index (χ4n) is 2.28. The van der Waals surface area contributed by atoms with Crippen LogP contribution in [0.4, 0.5) is 5.82 Å². The molecule has 0 bridgehead atoms. The molecule has 3 aromatic heterocycles. The van der Waals surface area contributed by atoms with E-state index in [1.54, 1.807) is 17.5 Å². The number of nitrogens with zero attached hydrogens (tertiary/aromatic N) is 3. The van der Waals surface area contributed by atoms with E-state index in [0.29, 0.717) is 5.82 Å². The summed E-state index contributed by atoms with van der Waals surface area (Å²) >= 11 is 1.64. The third-order valence-electron chi connectivity index (χ3n) is 4.26. The van der Waals surface area contributed by atoms with E-state index in [9.17, 15) is 0 Å². The van der Waals surface area contributed by atoms with Gasteiger partial charge in [0.2, 0.25) is 0 Å². The number of pyridine rings is 2. The average molecular weight is 394 g/mol. The number of nitrogens with two attached hydrogens (primary N) is 1. The van der Waals surface area contributed by atoms with Gasteiger partial charge < -0.3 is 11.1 Å². The first-order chi connectivity index (χ1) is 13.5. The van der Waals surface area contributed by atoms with Crippen molar-refractivity contribution in [1.82, 2.24) is 9.97 Å². The Bertz CT molecular complexity index is 968. The Morgan fingerprint density at radius 1 is 1.29 bits per heavy atom. The first-order valence-corrected chi connectivity index (χ1v) is 10.2. The lowest BCUT2D eigenvalue weighted by Gasteiger charge is -2.03. The maximum absolute atomic E-state index is 7.48. The molecule has 5 nitrogen and oxygen atoms in total. The van der Waals surface area contributed by atoms with Crippen molar-refractivity contribution >= 4 is 45.5 Å². The summed E-state index contributed by atoms with van der Waals surface area (Å²) in [6.07, 6.45) is 7.51. The van der Waals surface area contributed by atoms with Gasteiger partial charge in [-0.1, -0.05) is 33.3 Å². The van der Waals surface area contributed by atoms with Gasteiger partial charge in [-0.15, -0.1) is 11.3 Å². The number of nitrogens with one attached hydrogen (secondary N) is 1. The van der Waals surface area contributed by atoms with Gasteiger partial charge in [0.15, 0.2) is 5.82 Å². The fraction of sp³-hybridized carbons (Fsp3) is 0.273. The van der Waals surface area contributed by atoms with E-state index < -0.39 is 0 Å². The highest BCUT2D eigenvalue weighted by atomic mass is 32.1. The maximum atomic E-state index is 7.48. The zero-order valence-corrected chi connectivity index (χ0v) is 17.6. The van der Waals surface area contributed by atoms with Crippen LogP contribution in [0.5, 0.6) is 0 Å². The van der Waals surface area contributed by atoms with Gasteiger partial charge in [0, 0.05) is 34.5 Å². The molecule has 28 heavy (non-hydrogen) atoms. The van der Waals surface area contributed by atoms with Crippen molar-refractivity contribution in [2.24, 2.45) is 16.6 Å². The molecule has 3 rings (SSSR count). The molecule has 0 saturated carbocycles. The van der Waals surface area contributed by atoms with E-state index in [0.717, 1.165) is 38.5 Å². The molecule has 146 valence electrons. The Morgan fingerprint density at radius 3 is 2.57 bits per heavy atom. The van der Waals surface area contributed by atoms with Crippen LogP contribution < -0.4 is 5.73 Å². The van der Waals surface area contributed by atoms with Gasteiger partial charge in [0.1, 0.15) is 0 Å². The smallest absolute Gasteiger partial charge is 0.153 e. The summed E-state index contributed by atoms with van der Waals surface area (Å²) in [4.78, 5) is 12.9. The Hall–Kier alpha value is -2.86. The van der Waals surface area contributed by atoms with E-state index in [1.165, 1.54) is 19.0 Å². The number of allylic oxidation sites excluding steroid dienone is 2. The largest absolute Gasteiger partial charge is 0.390 e. The van der Waals surface area contributed by atoms with E-state index >= 15 is 0 Å². The van der Waals surface area contributed by atoms with Gasteiger partial charge >= 0.3 is 0 Å². The normalized spacial score (nSPS) is 11.7. The van der Waals surface area contributed by atoms with Crippen LogP contribution in [0.15, 0.2) is 46.9 Å². The average Bonchev–Trinajstić information content (AvgIpc) is 3.13. The van der Waals surface area contributed by atoms with Crippen LogP contribution >= 0.6 is 11.3 Å². The summed E-state index contributed by atoms with van der Waals surface area (Å²) in [7, 11) is 0. The molecule has 0 aliphatic heterocycles. The molecule has 0 atom stereocenters. The number of aromatic nitrogens is 2. The Labute approximate surface area is 170 Å². The molecule has 0 aromatic carbocycles. The highest BCUT2D eigenvalue weighted by Gasteiger charge is 2.10. The first kappa shape index (κ1) is 21.4. The van der Waals surface area contributed by atoms with Gasteiger partial charge in [0.25, 0.3) is 0 Å². The third-order valence-corrected chi connectivity index (χ3v) is 5.20. The lowest BCUT2D eigenvalue weighted by atomic mass is 10.1. The quantitative estimate of drug-likeness (QED) is 0.406. The molecule has 0 amide bonds. The van der Waals surface area contributed by atoms with Crippen LogP contribution in [0.1, 0.15) is 39.8 Å². The molecule has 0 saturated heterocycles. The minimum absolute atomic E-state index is 0.574. The lowest BCUT2D eigenvalue weighted by molar-refractivity contribution is 0.626. The van der Waals surface area contributed by atoms with Crippen LogP contribution in [-0.4, -0.2) is 22.5 Å². The SMILES string of the molecule is C/C=C(\C=N)c1ccc2scc(-c3ccc(N=CN)nc3)c2n1.CCC(C)C. The number of aliphatic imine (C=N–C) groups is 1. The van der Waals surface area contributed by atoms with Crippen molar-refractivity contribution in [3.63, 3.8) is 0 Å². The van der Waals surface area contributed by atoms with Crippen LogP contribution in [0.25, 0.3) is 26.9 Å². The molecule has 3 aromatic rings. The number of rotatable bonds is 5. The van der Waals surface area contributed by atoms with Crippen molar-refractivity contribution < 1.29 is 0 Å². The Balaban J connectivity index is 0.000000500. The maximum Gasteiger partial charge on any atom is 0.153 e. The topological polar surface area (TPSA) is 88.0 Å². The number of hydrogen-bond donors (Lipinski definition) is 2. The molecule has 6 heteroatoms. The standard InChI is InChI=1S/C17H15N5S.C5H12/c1-2-11(7-18)14-4-5-15-17(22-14)13(9-23-15)12-3-6-16(20-8-12)21-10-19;1-4-5(2)3/h2-10,18H,1H3,(H2,19,20,21);5H,4H2,1-3H3/b11-2+,18-7?;. The van der Waals surface area contributed by atoms with Crippen molar-refractivity contribution in [3.05, 3.63) is 47.6 Å². The third kappa shape index (κ3) is 5.33. The van der Waals surface area contributed by atoms with Gasteiger partial charge in [-0.25, -0.2) is 15.0 Å². The summed E-state index contributed by atoms with van der Waals surface area (Å²) < 4.78 is 1.10. The highest BCUT2D eigenvalue weighted by Crippen LogP contribution is 2.33. The molecule has 3 heterocycles. The van der Waals surface area contributed by atoms with E-state index in [-0.39, 0.29) is 0 Å². The summed E-state index contributed by atoms with van der Waals surface area (Å²) in [5.74, 6) is 1.46. The number of hydrogen-bond acceptors (Lipinski definition) is 5. The van der Waals surface area contributed by atoms with Crippen molar-refractivity contribution in [2.75, 3.05) is 0 Å². The summed E-state index contributed by atoms with van der Waals surface area (Å²) in [6.45, 7) is 8.55. The molecule has 0 fully saturated rings. The minimum atomic E-state index is 0.574. The molecule has 0 aliphatic carbocycles. The molecule has 0 radical (unpaired) electrons. The van der Waals surface area contributed by atoms with Crippen molar-refractivity contribution in [2.45, 2.75) is 34.1 Å². The summed E-state index contributed by atoms with van der Waals surface area (Å²) in [5, 5.41) is 9.56. The van der Waals surface area contributed by atoms with Crippen LogP contribution in [0, 0.1) is 11.3 Å². The van der Waals surface area contributed by atoms with Gasteiger partial charge in [-0.3, -0.25) is 0 Å². The Morgan fingerprint density at radius 2 is 2.04 bits per heavy atom. The van der Waals surface area contributed by atoms with Gasteiger partial charge in [-0.05, 0) is 37.1 Å². The van der Waals surface area contributed by atoms with Gasteiger partial charge in [-0.2, -0.15) is 0 Å². The molecule has 3 N–H and O–H groups in total. The lowest BCUT2D eigenvalue weighted by Crippen LogP contribution is -1.90. The van der Waals surface area contributed by atoms with Gasteiger partial charge in [0.05, 0.1) is 22.2 Å². The molecule has 0 spiro atoms. The van der Waals surface area contributed by atoms with E-state index in [4.69, 9.17) is 16.1 Å². The van der Waals surface area contributed by atoms with Crippen LogP contribution in [-0.2, 0) is 0 Å². The fourth-order valence-corrected chi connectivity index (χ4v) is 3.19. The summed E-state index contributed by atoms with van der Waals surface area (Å²) in [5.41, 5.74) is 9.81. The second-order valence-electron chi connectivity index (χ2n) is 6.57. The zero-order valence-electron chi connectivity index (χ0n) is 16.8. The monoisotopic (exact) mass is 393 g/mol. The number of fused-ring (bicyclic) bond motifs is 1. The summed E-state index contributed by atoms with van der Waals surface area (Å²) in [6, 6.07) is 7.76. The molecular formula is C22H27N5S. The first-order valence-electron chi connectivity index (χ1n) is 9.30. The predicted molar refractivity (Wildman–Crippen MR) is 123 cm³/mol. The molecule has 0 unspecified atom stereocenters. The van der Waals surface area contributed by atoms with Crippen LogP contribution in [0.3, 0.4) is 0 Å². The predicted octanol–water partition coefficient (Wildman–Crippen LogP) is 6.08. The zero-order chi connectivity index (χ0) is 20.5. The van der Waals surface area contributed by atoms with E-state index in [2.05, 4.69) is 36.1 Å². The molecular weight excluding hydrogens is 366 g/mol. The van der Waals surface area contributed by atoms with Crippen LogP contribution in [0.2, 0.25) is 0 Å². The molecule has 0 aliphatic rings. The minimum Gasteiger partial charge on any atom is -0.390 e. The second kappa shape index (κ2) is 10.5. The second-order valence-corrected chi connectivity index (χ2v) is 7.48. The Kier molecular flexibility index (Phi) is 8.02. The number of thiophene rings is 1. The van der Waals surface area contributed by atoms with Crippen molar-refractivity contribution in [3.8, 4) is 11.1 Å². The van der Waals surface area contributed by atoms with Crippen molar-refractivity contribution in [1.29, 1.82) is 5.41 Å². The van der Waals surface area contributed by atoms with E-state index in [1.807, 2.05) is 37.3 Å². The highest BCUT2D eigenvalue weighted by molar-refractivity contribution is 7.17.